The van der Waals surface area contributed by atoms with Crippen LogP contribution in [0.4, 0.5) is 0 Å². The Morgan fingerprint density at radius 3 is 1.31 bits per heavy atom. The zero-order valence-corrected chi connectivity index (χ0v) is 20.7. The first-order chi connectivity index (χ1) is 17.5. The minimum absolute atomic E-state index is 0.0522. The fraction of sp³-hybridized carbons (Fsp3) is 0.533. The number of Topliss-reactive ketones (excluding diaryl/α,β-unsaturated/α-hetero) is 2. The molecule has 6 heteroatoms. The van der Waals surface area contributed by atoms with Crippen molar-refractivity contribution in [2.45, 2.75) is 62.9 Å². The number of benzene rings is 2. The van der Waals surface area contributed by atoms with Crippen LogP contribution in [-0.2, 0) is 41.4 Å². The minimum atomic E-state index is -0.541. The molecule has 2 saturated heterocycles. The van der Waals surface area contributed by atoms with E-state index in [0.717, 1.165) is 35.1 Å². The Morgan fingerprint density at radius 2 is 0.944 bits per heavy atom. The molecule has 190 valence electrons. The lowest BCUT2D eigenvalue weighted by atomic mass is 9.80. The first kappa shape index (κ1) is 24.0. The van der Waals surface area contributed by atoms with Gasteiger partial charge in [0.2, 0.25) is 0 Å². The normalized spacial score (nSPS) is 27.2. The Hall–Kier alpha value is -2.38. The molecule has 2 heterocycles. The molecule has 2 aromatic rings. The summed E-state index contributed by atoms with van der Waals surface area (Å²) in [5, 5.41) is 0. The van der Waals surface area contributed by atoms with Crippen molar-refractivity contribution in [3.05, 3.63) is 59.7 Å². The fourth-order valence-electron chi connectivity index (χ4n) is 6.34. The van der Waals surface area contributed by atoms with Crippen LogP contribution in [0.5, 0.6) is 0 Å². The number of ether oxygens (including phenoxy) is 4. The van der Waals surface area contributed by atoms with Crippen molar-refractivity contribution in [2.24, 2.45) is 11.8 Å². The Kier molecular flexibility index (Phi) is 6.54. The molecule has 0 radical (unpaired) electrons. The molecule has 2 aliphatic carbocycles. The van der Waals surface area contributed by atoms with Crippen LogP contribution < -0.4 is 0 Å². The van der Waals surface area contributed by atoms with Crippen molar-refractivity contribution in [1.29, 1.82) is 0 Å². The van der Waals surface area contributed by atoms with Gasteiger partial charge in [-0.2, -0.15) is 0 Å². The second-order valence-corrected chi connectivity index (χ2v) is 10.8. The van der Waals surface area contributed by atoms with E-state index >= 15 is 0 Å². The number of hydrogen-bond donors (Lipinski definition) is 0. The average Bonchev–Trinajstić information content (AvgIpc) is 3.55. The van der Waals surface area contributed by atoms with E-state index < -0.39 is 11.6 Å². The summed E-state index contributed by atoms with van der Waals surface area (Å²) in [5.41, 5.74) is 4.59. The predicted octanol–water partition coefficient (Wildman–Crippen LogP) is 4.66. The van der Waals surface area contributed by atoms with Crippen molar-refractivity contribution < 1.29 is 28.5 Å². The summed E-state index contributed by atoms with van der Waals surface area (Å²) in [6.45, 7) is 2.48. The Morgan fingerprint density at radius 1 is 0.583 bits per heavy atom. The molecule has 0 N–H and O–H groups in total. The summed E-state index contributed by atoms with van der Waals surface area (Å²) in [7, 11) is 0. The molecule has 2 atom stereocenters. The summed E-state index contributed by atoms with van der Waals surface area (Å²) < 4.78 is 23.4. The van der Waals surface area contributed by atoms with Crippen molar-refractivity contribution in [2.75, 3.05) is 26.4 Å². The predicted molar refractivity (Wildman–Crippen MR) is 133 cm³/mol. The molecule has 2 aromatic carbocycles. The molecule has 2 spiro atoms. The Bertz CT molecular complexity index is 1000. The van der Waals surface area contributed by atoms with E-state index in [-0.39, 0.29) is 11.8 Å². The summed E-state index contributed by atoms with van der Waals surface area (Å²) in [6.07, 6.45) is 5.15. The second-order valence-electron chi connectivity index (χ2n) is 10.8. The second kappa shape index (κ2) is 9.82. The summed E-state index contributed by atoms with van der Waals surface area (Å²) >= 11 is 0. The number of rotatable bonds is 5. The average molecular weight is 491 g/mol. The number of ketones is 2. The van der Waals surface area contributed by atoms with E-state index in [4.69, 9.17) is 18.9 Å². The van der Waals surface area contributed by atoms with E-state index in [9.17, 15) is 9.59 Å². The van der Waals surface area contributed by atoms with Gasteiger partial charge >= 0.3 is 0 Å². The molecule has 0 aromatic heterocycles. The number of hydrogen-bond acceptors (Lipinski definition) is 6. The molecule has 0 amide bonds. The highest BCUT2D eigenvalue weighted by molar-refractivity contribution is 5.83. The third-order valence-corrected chi connectivity index (χ3v) is 8.36. The van der Waals surface area contributed by atoms with Gasteiger partial charge in [0.15, 0.2) is 11.6 Å². The van der Waals surface area contributed by atoms with Gasteiger partial charge in [-0.3, -0.25) is 9.59 Å². The van der Waals surface area contributed by atoms with Gasteiger partial charge < -0.3 is 18.9 Å². The Labute approximate surface area is 212 Å². The van der Waals surface area contributed by atoms with Crippen LogP contribution in [0, 0.1) is 11.8 Å². The minimum Gasteiger partial charge on any atom is -0.347 e. The molecule has 36 heavy (non-hydrogen) atoms. The molecule has 2 aliphatic heterocycles. The highest BCUT2D eigenvalue weighted by Crippen LogP contribution is 2.40. The first-order valence-corrected chi connectivity index (χ1v) is 13.3. The lowest BCUT2D eigenvalue weighted by molar-refractivity contribution is -0.189. The molecule has 6 nitrogen and oxygen atoms in total. The van der Waals surface area contributed by atoms with Gasteiger partial charge in [-0.15, -0.1) is 0 Å². The van der Waals surface area contributed by atoms with Crippen molar-refractivity contribution in [1.82, 2.24) is 0 Å². The standard InChI is InChI=1S/C30H34O6/c31-27-9-11-29(33-13-14-34-29)19-25(27)17-21-1-5-23(6-2-21)24-7-3-22(4-8-24)18-26-20-30(12-10-28(26)32)35-15-16-36-30/h1-8,25-26H,9-20H2. The van der Waals surface area contributed by atoms with Crippen LogP contribution in [0.3, 0.4) is 0 Å². The van der Waals surface area contributed by atoms with Crippen molar-refractivity contribution in [3.8, 4) is 11.1 Å². The molecular formula is C30H34O6. The third kappa shape index (κ3) is 4.92. The summed E-state index contributed by atoms with van der Waals surface area (Å²) in [6, 6.07) is 17.0. The van der Waals surface area contributed by atoms with Crippen LogP contribution in [0.25, 0.3) is 11.1 Å². The molecule has 4 aliphatic rings. The van der Waals surface area contributed by atoms with Gasteiger partial charge in [0.05, 0.1) is 26.4 Å². The van der Waals surface area contributed by atoms with Crippen molar-refractivity contribution in [3.63, 3.8) is 0 Å². The van der Waals surface area contributed by atoms with E-state index in [1.54, 1.807) is 0 Å². The van der Waals surface area contributed by atoms with Crippen LogP contribution in [0.1, 0.15) is 49.7 Å². The lowest BCUT2D eigenvalue weighted by Gasteiger charge is -2.35. The monoisotopic (exact) mass is 490 g/mol. The quantitative estimate of drug-likeness (QED) is 0.607. The number of carbonyl (C=O) groups is 2. The van der Waals surface area contributed by atoms with Gasteiger partial charge in [0.25, 0.3) is 0 Å². The fourth-order valence-corrected chi connectivity index (χ4v) is 6.34. The zero-order valence-electron chi connectivity index (χ0n) is 20.7. The first-order valence-electron chi connectivity index (χ1n) is 13.3. The van der Waals surface area contributed by atoms with Gasteiger partial charge in [0, 0.05) is 50.4 Å². The highest BCUT2D eigenvalue weighted by Gasteiger charge is 2.45. The lowest BCUT2D eigenvalue weighted by Crippen LogP contribution is -2.41. The maximum absolute atomic E-state index is 12.5. The van der Waals surface area contributed by atoms with Gasteiger partial charge in [-0.25, -0.2) is 0 Å². The highest BCUT2D eigenvalue weighted by atomic mass is 16.7. The van der Waals surface area contributed by atoms with Crippen LogP contribution in [0.2, 0.25) is 0 Å². The molecule has 4 fully saturated rings. The SMILES string of the molecule is O=C1CCC2(CC1Cc1ccc(-c3ccc(CC4CC5(CCC4=O)OCCO5)cc3)cc1)OCCO2. The van der Waals surface area contributed by atoms with E-state index in [2.05, 4.69) is 48.5 Å². The van der Waals surface area contributed by atoms with Gasteiger partial charge in [0.1, 0.15) is 11.6 Å². The van der Waals surface area contributed by atoms with Crippen LogP contribution in [-0.4, -0.2) is 49.6 Å². The molecule has 2 saturated carbocycles. The molecule has 2 unspecified atom stereocenters. The van der Waals surface area contributed by atoms with Crippen molar-refractivity contribution >= 4 is 11.6 Å². The molecule has 6 rings (SSSR count). The maximum Gasteiger partial charge on any atom is 0.169 e. The number of carbonyl (C=O) groups excluding carboxylic acids is 2. The van der Waals surface area contributed by atoms with E-state index in [1.165, 1.54) is 0 Å². The molecular weight excluding hydrogens is 456 g/mol. The summed E-state index contributed by atoms with van der Waals surface area (Å²) in [5.74, 6) is -0.562. The Balaban J connectivity index is 1.08. The topological polar surface area (TPSA) is 71.1 Å². The van der Waals surface area contributed by atoms with Crippen LogP contribution in [0.15, 0.2) is 48.5 Å². The van der Waals surface area contributed by atoms with Gasteiger partial charge in [-0.05, 0) is 35.1 Å². The molecule has 0 bridgehead atoms. The third-order valence-electron chi connectivity index (χ3n) is 8.36. The maximum atomic E-state index is 12.5. The van der Waals surface area contributed by atoms with E-state index in [1.807, 2.05) is 0 Å². The zero-order chi connectivity index (χ0) is 24.6. The smallest absolute Gasteiger partial charge is 0.169 e. The summed E-state index contributed by atoms with van der Waals surface area (Å²) in [4.78, 5) is 25.1. The van der Waals surface area contributed by atoms with Crippen LogP contribution >= 0.6 is 0 Å². The van der Waals surface area contributed by atoms with E-state index in [0.29, 0.717) is 76.5 Å². The largest absolute Gasteiger partial charge is 0.347 e. The van der Waals surface area contributed by atoms with Gasteiger partial charge in [-0.1, -0.05) is 48.5 Å².